The van der Waals surface area contributed by atoms with Gasteiger partial charge in [0.05, 0.1) is 5.56 Å². The lowest BCUT2D eigenvalue weighted by molar-refractivity contribution is 0.102. The summed E-state index contributed by atoms with van der Waals surface area (Å²) in [5, 5.41) is 19.1. The Bertz CT molecular complexity index is 566. The number of aromatic amines is 1. The van der Waals surface area contributed by atoms with Crippen LogP contribution in [0.15, 0.2) is 24.3 Å². The molecule has 1 aromatic carbocycles. The molecule has 0 atom stereocenters. The summed E-state index contributed by atoms with van der Waals surface area (Å²) in [6, 6.07) is 5.98. The van der Waals surface area contributed by atoms with E-state index in [9.17, 15) is 9.90 Å². The van der Waals surface area contributed by atoms with Crippen molar-refractivity contribution in [1.82, 2.24) is 10.2 Å². The zero-order chi connectivity index (χ0) is 12.4. The minimum atomic E-state index is -0.439. The Morgan fingerprint density at radius 1 is 1.47 bits per heavy atom. The van der Waals surface area contributed by atoms with E-state index in [0.717, 1.165) is 5.69 Å². The maximum Gasteiger partial charge on any atom is 0.260 e. The number of amides is 1. The summed E-state index contributed by atoms with van der Waals surface area (Å²) >= 11 is 5.68. The molecule has 1 amide bonds. The van der Waals surface area contributed by atoms with Gasteiger partial charge in [-0.15, -0.1) is 0 Å². The predicted molar refractivity (Wildman–Crippen MR) is 64.4 cm³/mol. The van der Waals surface area contributed by atoms with Gasteiger partial charge in [0.15, 0.2) is 5.82 Å². The van der Waals surface area contributed by atoms with Gasteiger partial charge in [0.2, 0.25) is 0 Å². The summed E-state index contributed by atoms with van der Waals surface area (Å²) in [5.41, 5.74) is 0.982. The lowest BCUT2D eigenvalue weighted by Crippen LogP contribution is -2.12. The number of hydrogen-bond acceptors (Lipinski definition) is 3. The van der Waals surface area contributed by atoms with Crippen molar-refractivity contribution >= 4 is 23.3 Å². The van der Waals surface area contributed by atoms with Crippen LogP contribution in [-0.4, -0.2) is 21.2 Å². The molecule has 0 saturated heterocycles. The minimum absolute atomic E-state index is 0.148. The fraction of sp³-hybridized carbons (Fsp3) is 0.0909. The van der Waals surface area contributed by atoms with Crippen molar-refractivity contribution < 1.29 is 9.90 Å². The van der Waals surface area contributed by atoms with Crippen molar-refractivity contribution in [2.24, 2.45) is 0 Å². The molecule has 0 aliphatic rings. The van der Waals surface area contributed by atoms with Gasteiger partial charge >= 0.3 is 0 Å². The van der Waals surface area contributed by atoms with E-state index in [-0.39, 0.29) is 11.3 Å². The van der Waals surface area contributed by atoms with E-state index in [2.05, 4.69) is 15.5 Å². The highest BCUT2D eigenvalue weighted by Gasteiger charge is 2.12. The fourth-order valence-corrected chi connectivity index (χ4v) is 1.53. The van der Waals surface area contributed by atoms with Crippen molar-refractivity contribution in [2.45, 2.75) is 6.92 Å². The van der Waals surface area contributed by atoms with E-state index in [1.54, 1.807) is 6.07 Å². The van der Waals surface area contributed by atoms with Crippen LogP contribution in [0.5, 0.6) is 5.75 Å². The SMILES string of the molecule is Cc1cc(NC(=O)c2ccc(Cl)cc2O)n[nH]1. The molecule has 0 spiro atoms. The molecular weight excluding hydrogens is 242 g/mol. The number of carbonyl (C=O) groups is 1. The topological polar surface area (TPSA) is 78.0 Å². The lowest BCUT2D eigenvalue weighted by Gasteiger charge is -2.04. The molecule has 0 unspecified atom stereocenters. The lowest BCUT2D eigenvalue weighted by atomic mass is 10.2. The zero-order valence-electron chi connectivity index (χ0n) is 8.99. The Balaban J connectivity index is 2.20. The number of phenols is 1. The smallest absolute Gasteiger partial charge is 0.260 e. The van der Waals surface area contributed by atoms with Gasteiger partial charge in [-0.1, -0.05) is 11.6 Å². The second-order valence-corrected chi connectivity index (χ2v) is 3.99. The van der Waals surface area contributed by atoms with E-state index in [1.807, 2.05) is 6.92 Å². The third-order valence-electron chi connectivity index (χ3n) is 2.15. The van der Waals surface area contributed by atoms with Crippen molar-refractivity contribution in [3.63, 3.8) is 0 Å². The summed E-state index contributed by atoms with van der Waals surface area (Å²) in [7, 11) is 0. The van der Waals surface area contributed by atoms with E-state index >= 15 is 0 Å². The first-order chi connectivity index (χ1) is 8.06. The van der Waals surface area contributed by atoms with Crippen LogP contribution < -0.4 is 5.32 Å². The van der Waals surface area contributed by atoms with Crippen molar-refractivity contribution in [1.29, 1.82) is 0 Å². The van der Waals surface area contributed by atoms with Gasteiger partial charge in [0.1, 0.15) is 5.75 Å². The molecule has 1 heterocycles. The highest BCUT2D eigenvalue weighted by atomic mass is 35.5. The first kappa shape index (κ1) is 11.5. The number of rotatable bonds is 2. The van der Waals surface area contributed by atoms with Gasteiger partial charge in [-0.2, -0.15) is 5.10 Å². The maximum atomic E-state index is 11.8. The van der Waals surface area contributed by atoms with Crippen LogP contribution in [-0.2, 0) is 0 Å². The number of aromatic hydroxyl groups is 1. The second-order valence-electron chi connectivity index (χ2n) is 3.55. The van der Waals surface area contributed by atoms with E-state index in [0.29, 0.717) is 10.8 Å². The van der Waals surface area contributed by atoms with Crippen LogP contribution in [0, 0.1) is 6.92 Å². The van der Waals surface area contributed by atoms with Crippen LogP contribution >= 0.6 is 11.6 Å². The molecule has 0 bridgehead atoms. The van der Waals surface area contributed by atoms with Crippen LogP contribution in [0.3, 0.4) is 0 Å². The standard InChI is InChI=1S/C11H10ClN3O2/c1-6-4-10(15-14-6)13-11(17)8-3-2-7(12)5-9(8)16/h2-5,16H,1H3,(H2,13,14,15,17). The predicted octanol–water partition coefficient (Wildman–Crippen LogP) is 2.33. The average molecular weight is 252 g/mol. The van der Waals surface area contributed by atoms with Gasteiger partial charge < -0.3 is 10.4 Å². The van der Waals surface area contributed by atoms with Crippen molar-refractivity contribution in [3.8, 4) is 5.75 Å². The molecule has 3 N–H and O–H groups in total. The highest BCUT2D eigenvalue weighted by Crippen LogP contribution is 2.22. The number of nitrogens with zero attached hydrogens (tertiary/aromatic N) is 1. The molecule has 2 rings (SSSR count). The number of hydrogen-bond donors (Lipinski definition) is 3. The second kappa shape index (κ2) is 4.47. The zero-order valence-corrected chi connectivity index (χ0v) is 9.75. The van der Waals surface area contributed by atoms with Crippen LogP contribution in [0.1, 0.15) is 16.1 Å². The summed E-state index contributed by atoms with van der Waals surface area (Å²) < 4.78 is 0. The number of aromatic nitrogens is 2. The molecule has 0 aliphatic heterocycles. The first-order valence-electron chi connectivity index (χ1n) is 4.88. The maximum absolute atomic E-state index is 11.8. The summed E-state index contributed by atoms with van der Waals surface area (Å²) in [6.45, 7) is 1.82. The molecule has 0 fully saturated rings. The third-order valence-corrected chi connectivity index (χ3v) is 2.39. The summed E-state index contributed by atoms with van der Waals surface area (Å²) in [6.07, 6.45) is 0. The largest absolute Gasteiger partial charge is 0.507 e. The molecular formula is C11H10ClN3O2. The number of carbonyl (C=O) groups excluding carboxylic acids is 1. The van der Waals surface area contributed by atoms with Gasteiger partial charge in [0.25, 0.3) is 5.91 Å². The Labute approximate surface area is 102 Å². The van der Waals surface area contributed by atoms with Gasteiger partial charge in [-0.3, -0.25) is 9.89 Å². The third kappa shape index (κ3) is 2.57. The molecule has 1 aromatic heterocycles. The van der Waals surface area contributed by atoms with Crippen LogP contribution in [0.4, 0.5) is 5.82 Å². The summed E-state index contributed by atoms with van der Waals surface area (Å²) in [5.74, 6) is -0.199. The summed E-state index contributed by atoms with van der Waals surface area (Å²) in [4.78, 5) is 11.8. The van der Waals surface area contributed by atoms with Crippen LogP contribution in [0.2, 0.25) is 5.02 Å². The van der Waals surface area contributed by atoms with Gasteiger partial charge in [-0.05, 0) is 25.1 Å². The average Bonchev–Trinajstić information content (AvgIpc) is 2.63. The Morgan fingerprint density at radius 3 is 2.82 bits per heavy atom. The molecule has 0 aliphatic carbocycles. The number of H-pyrrole nitrogens is 1. The molecule has 6 heteroatoms. The quantitative estimate of drug-likeness (QED) is 0.767. The number of anilines is 1. The molecule has 2 aromatic rings. The number of nitrogens with one attached hydrogen (secondary N) is 2. The molecule has 0 saturated carbocycles. The van der Waals surface area contributed by atoms with Crippen LogP contribution in [0.25, 0.3) is 0 Å². The van der Waals surface area contributed by atoms with Gasteiger partial charge in [0, 0.05) is 16.8 Å². The highest BCUT2D eigenvalue weighted by molar-refractivity contribution is 6.30. The van der Waals surface area contributed by atoms with E-state index in [1.165, 1.54) is 18.2 Å². The number of halogens is 1. The fourth-order valence-electron chi connectivity index (χ4n) is 1.36. The monoisotopic (exact) mass is 251 g/mol. The normalized spacial score (nSPS) is 10.2. The van der Waals surface area contributed by atoms with E-state index < -0.39 is 5.91 Å². The van der Waals surface area contributed by atoms with Crippen molar-refractivity contribution in [2.75, 3.05) is 5.32 Å². The number of aryl methyl sites for hydroxylation is 1. The van der Waals surface area contributed by atoms with E-state index in [4.69, 9.17) is 11.6 Å². The Hall–Kier alpha value is -2.01. The van der Waals surface area contributed by atoms with Crippen molar-refractivity contribution in [3.05, 3.63) is 40.5 Å². The van der Waals surface area contributed by atoms with Gasteiger partial charge in [-0.25, -0.2) is 0 Å². The Morgan fingerprint density at radius 2 is 2.24 bits per heavy atom. The molecule has 17 heavy (non-hydrogen) atoms. The molecule has 5 nitrogen and oxygen atoms in total. The molecule has 88 valence electrons. The molecule has 0 radical (unpaired) electrons. The minimum Gasteiger partial charge on any atom is -0.507 e. The number of benzene rings is 1. The first-order valence-corrected chi connectivity index (χ1v) is 5.26. The number of phenolic OH excluding ortho intramolecular Hbond substituents is 1. The Kier molecular flexibility index (Phi) is 3.01.